The molecule has 0 bridgehead atoms. The summed E-state index contributed by atoms with van der Waals surface area (Å²) in [5, 5.41) is 5.58. The van der Waals surface area contributed by atoms with Crippen LogP contribution in [0.3, 0.4) is 0 Å². The second-order valence-electron chi connectivity index (χ2n) is 5.78. The number of aryl methyl sites for hydroxylation is 1. The second kappa shape index (κ2) is 6.61. The smallest absolute Gasteiger partial charge is 0.319 e. The molecule has 21 heavy (non-hydrogen) atoms. The van der Waals surface area contributed by atoms with Crippen molar-refractivity contribution in [1.82, 2.24) is 10.2 Å². The third kappa shape index (κ3) is 3.97. The van der Waals surface area contributed by atoms with Crippen molar-refractivity contribution in [3.8, 4) is 0 Å². The standard InChI is InChI=1S/C16H23N3O2/c1-11(2)17-16(21)18-14-7-6-13(10-12(14)3)15(20)19-8-4-5-9-19/h6-7,10-11H,4-5,8-9H2,1-3H3,(H2,17,18,21). The van der Waals surface area contributed by atoms with E-state index in [1.165, 1.54) is 0 Å². The van der Waals surface area contributed by atoms with Gasteiger partial charge in [0, 0.05) is 30.4 Å². The van der Waals surface area contributed by atoms with E-state index in [-0.39, 0.29) is 18.0 Å². The maximum atomic E-state index is 12.3. The fourth-order valence-corrected chi connectivity index (χ4v) is 2.46. The van der Waals surface area contributed by atoms with Crippen molar-refractivity contribution in [1.29, 1.82) is 0 Å². The summed E-state index contributed by atoms with van der Waals surface area (Å²) in [7, 11) is 0. The minimum absolute atomic E-state index is 0.0776. The lowest BCUT2D eigenvalue weighted by molar-refractivity contribution is 0.0792. The Balaban J connectivity index is 2.06. The van der Waals surface area contributed by atoms with Gasteiger partial charge < -0.3 is 15.5 Å². The number of carbonyl (C=O) groups excluding carboxylic acids is 2. The molecule has 3 amide bonds. The number of rotatable bonds is 3. The minimum atomic E-state index is -0.230. The van der Waals surface area contributed by atoms with Crippen LogP contribution in [0.5, 0.6) is 0 Å². The van der Waals surface area contributed by atoms with Crippen molar-refractivity contribution in [3.63, 3.8) is 0 Å². The zero-order valence-electron chi connectivity index (χ0n) is 12.9. The number of likely N-dealkylation sites (tertiary alicyclic amines) is 1. The number of nitrogens with one attached hydrogen (secondary N) is 2. The van der Waals surface area contributed by atoms with E-state index in [0.29, 0.717) is 5.56 Å². The van der Waals surface area contributed by atoms with Crippen LogP contribution in [0.25, 0.3) is 0 Å². The Bertz CT molecular complexity index is 534. The van der Waals surface area contributed by atoms with Crippen LogP contribution in [0.2, 0.25) is 0 Å². The summed E-state index contributed by atoms with van der Waals surface area (Å²) in [6.07, 6.45) is 2.17. The highest BCUT2D eigenvalue weighted by Crippen LogP contribution is 2.19. The summed E-state index contributed by atoms with van der Waals surface area (Å²) < 4.78 is 0. The average Bonchev–Trinajstić information content (AvgIpc) is 2.93. The molecule has 0 aromatic heterocycles. The zero-order chi connectivity index (χ0) is 15.4. The number of nitrogens with zero attached hydrogens (tertiary/aromatic N) is 1. The van der Waals surface area contributed by atoms with E-state index in [0.717, 1.165) is 37.2 Å². The summed E-state index contributed by atoms with van der Waals surface area (Å²) in [6.45, 7) is 7.39. The highest BCUT2D eigenvalue weighted by atomic mass is 16.2. The molecule has 0 spiro atoms. The Morgan fingerprint density at radius 2 is 1.86 bits per heavy atom. The van der Waals surface area contributed by atoms with Crippen molar-refractivity contribution >= 4 is 17.6 Å². The second-order valence-corrected chi connectivity index (χ2v) is 5.78. The van der Waals surface area contributed by atoms with E-state index in [2.05, 4.69) is 10.6 Å². The molecule has 1 aromatic rings. The van der Waals surface area contributed by atoms with Crippen LogP contribution in [0.1, 0.15) is 42.6 Å². The Morgan fingerprint density at radius 3 is 2.43 bits per heavy atom. The quantitative estimate of drug-likeness (QED) is 0.898. The van der Waals surface area contributed by atoms with Crippen LogP contribution in [0, 0.1) is 6.92 Å². The summed E-state index contributed by atoms with van der Waals surface area (Å²) in [6, 6.07) is 5.26. The van der Waals surface area contributed by atoms with Gasteiger partial charge in [-0.1, -0.05) is 0 Å². The van der Waals surface area contributed by atoms with Gasteiger partial charge in [-0.3, -0.25) is 4.79 Å². The minimum Gasteiger partial charge on any atom is -0.339 e. The monoisotopic (exact) mass is 289 g/mol. The Morgan fingerprint density at radius 1 is 1.19 bits per heavy atom. The first kappa shape index (κ1) is 15.4. The lowest BCUT2D eigenvalue weighted by Gasteiger charge is -2.17. The Hall–Kier alpha value is -2.04. The van der Waals surface area contributed by atoms with Gasteiger partial charge in [0.1, 0.15) is 0 Å². The molecule has 0 unspecified atom stereocenters. The Labute approximate surface area is 125 Å². The number of hydrogen-bond donors (Lipinski definition) is 2. The van der Waals surface area contributed by atoms with Gasteiger partial charge in [-0.05, 0) is 57.4 Å². The zero-order valence-corrected chi connectivity index (χ0v) is 12.9. The number of amides is 3. The van der Waals surface area contributed by atoms with E-state index in [1.807, 2.05) is 31.7 Å². The molecule has 2 N–H and O–H groups in total. The van der Waals surface area contributed by atoms with Gasteiger partial charge in [-0.15, -0.1) is 0 Å². The summed E-state index contributed by atoms with van der Waals surface area (Å²) in [5.74, 6) is 0.0776. The van der Waals surface area contributed by atoms with Crippen LogP contribution >= 0.6 is 0 Å². The van der Waals surface area contributed by atoms with Gasteiger partial charge in [0.25, 0.3) is 5.91 Å². The molecule has 5 heteroatoms. The molecule has 1 heterocycles. The third-order valence-corrected chi connectivity index (χ3v) is 3.53. The van der Waals surface area contributed by atoms with E-state index < -0.39 is 0 Å². The number of benzene rings is 1. The molecular weight excluding hydrogens is 266 g/mol. The van der Waals surface area contributed by atoms with Gasteiger partial charge in [0.05, 0.1) is 0 Å². The largest absolute Gasteiger partial charge is 0.339 e. The van der Waals surface area contributed by atoms with Crippen LogP contribution in [0.4, 0.5) is 10.5 Å². The normalized spacial score (nSPS) is 14.4. The lowest BCUT2D eigenvalue weighted by atomic mass is 10.1. The number of anilines is 1. The van der Waals surface area contributed by atoms with E-state index in [4.69, 9.17) is 0 Å². The van der Waals surface area contributed by atoms with E-state index >= 15 is 0 Å². The van der Waals surface area contributed by atoms with Crippen LogP contribution < -0.4 is 10.6 Å². The summed E-state index contributed by atoms with van der Waals surface area (Å²) in [4.78, 5) is 25.9. The lowest BCUT2D eigenvalue weighted by Crippen LogP contribution is -2.34. The maximum absolute atomic E-state index is 12.3. The topological polar surface area (TPSA) is 61.4 Å². The van der Waals surface area contributed by atoms with Crippen molar-refractivity contribution in [2.75, 3.05) is 18.4 Å². The van der Waals surface area contributed by atoms with Crippen molar-refractivity contribution < 1.29 is 9.59 Å². The van der Waals surface area contributed by atoms with Crippen molar-refractivity contribution in [3.05, 3.63) is 29.3 Å². The van der Waals surface area contributed by atoms with Crippen molar-refractivity contribution in [2.45, 2.75) is 39.7 Å². The van der Waals surface area contributed by atoms with Gasteiger partial charge in [0.2, 0.25) is 0 Å². The highest BCUT2D eigenvalue weighted by Gasteiger charge is 2.19. The molecule has 2 rings (SSSR count). The molecule has 5 nitrogen and oxygen atoms in total. The molecule has 1 fully saturated rings. The molecule has 1 aliphatic rings. The fourth-order valence-electron chi connectivity index (χ4n) is 2.46. The molecule has 0 saturated carbocycles. The summed E-state index contributed by atoms with van der Waals surface area (Å²) >= 11 is 0. The van der Waals surface area contributed by atoms with Gasteiger partial charge >= 0.3 is 6.03 Å². The first-order valence-electron chi connectivity index (χ1n) is 7.45. The molecular formula is C16H23N3O2. The number of carbonyl (C=O) groups is 2. The molecule has 1 aromatic carbocycles. The molecule has 0 radical (unpaired) electrons. The first-order chi connectivity index (χ1) is 9.97. The maximum Gasteiger partial charge on any atom is 0.319 e. The van der Waals surface area contributed by atoms with Gasteiger partial charge in [-0.25, -0.2) is 4.79 Å². The SMILES string of the molecule is Cc1cc(C(=O)N2CCCC2)ccc1NC(=O)NC(C)C. The number of urea groups is 1. The Kier molecular flexibility index (Phi) is 4.83. The molecule has 0 aliphatic carbocycles. The number of hydrogen-bond acceptors (Lipinski definition) is 2. The highest BCUT2D eigenvalue weighted by molar-refractivity contribution is 5.96. The summed E-state index contributed by atoms with van der Waals surface area (Å²) in [5.41, 5.74) is 2.30. The van der Waals surface area contributed by atoms with Gasteiger partial charge in [-0.2, -0.15) is 0 Å². The molecule has 0 atom stereocenters. The van der Waals surface area contributed by atoms with E-state index in [9.17, 15) is 9.59 Å². The van der Waals surface area contributed by atoms with Crippen LogP contribution in [0.15, 0.2) is 18.2 Å². The van der Waals surface area contributed by atoms with Gasteiger partial charge in [0.15, 0.2) is 0 Å². The van der Waals surface area contributed by atoms with Crippen molar-refractivity contribution in [2.24, 2.45) is 0 Å². The fraction of sp³-hybridized carbons (Fsp3) is 0.500. The molecule has 1 aliphatic heterocycles. The predicted molar refractivity (Wildman–Crippen MR) is 83.6 cm³/mol. The van der Waals surface area contributed by atoms with E-state index in [1.54, 1.807) is 12.1 Å². The van der Waals surface area contributed by atoms with Crippen LogP contribution in [-0.2, 0) is 0 Å². The first-order valence-corrected chi connectivity index (χ1v) is 7.45. The third-order valence-electron chi connectivity index (χ3n) is 3.53. The van der Waals surface area contributed by atoms with Crippen LogP contribution in [-0.4, -0.2) is 36.0 Å². The molecule has 114 valence electrons. The molecule has 1 saturated heterocycles. The average molecular weight is 289 g/mol. The predicted octanol–water partition coefficient (Wildman–Crippen LogP) is 2.76.